The van der Waals surface area contributed by atoms with E-state index in [1.807, 2.05) is 20.8 Å². The van der Waals surface area contributed by atoms with Gasteiger partial charge in [0.15, 0.2) is 0 Å². The number of hydrogen-bond acceptors (Lipinski definition) is 4. The van der Waals surface area contributed by atoms with E-state index in [-0.39, 0.29) is 11.4 Å². The van der Waals surface area contributed by atoms with Crippen LogP contribution in [0.5, 0.6) is 0 Å². The molecule has 1 amide bonds. The van der Waals surface area contributed by atoms with Crippen molar-refractivity contribution >= 4 is 11.9 Å². The molecular formula is C12H24N2O3. The van der Waals surface area contributed by atoms with E-state index in [0.29, 0.717) is 19.6 Å². The van der Waals surface area contributed by atoms with Crippen LogP contribution in [0.15, 0.2) is 0 Å². The zero-order valence-corrected chi connectivity index (χ0v) is 11.4. The predicted octanol–water partition coefficient (Wildman–Crippen LogP) is 0.832. The van der Waals surface area contributed by atoms with E-state index < -0.39 is 12.0 Å². The number of ether oxygens (including phenoxy) is 1. The highest BCUT2D eigenvalue weighted by molar-refractivity contribution is 5.84. The van der Waals surface area contributed by atoms with E-state index in [2.05, 4.69) is 10.6 Å². The van der Waals surface area contributed by atoms with Crippen molar-refractivity contribution in [3.05, 3.63) is 0 Å². The van der Waals surface area contributed by atoms with Crippen molar-refractivity contribution in [3.63, 3.8) is 0 Å². The summed E-state index contributed by atoms with van der Waals surface area (Å²) >= 11 is 0. The van der Waals surface area contributed by atoms with Crippen LogP contribution in [0.2, 0.25) is 0 Å². The lowest BCUT2D eigenvalue weighted by Gasteiger charge is -2.20. The molecule has 0 aromatic heterocycles. The largest absolute Gasteiger partial charge is 0.464 e. The second-order valence-corrected chi connectivity index (χ2v) is 4.97. The Kier molecular flexibility index (Phi) is 6.80. The van der Waals surface area contributed by atoms with Gasteiger partial charge in [0.1, 0.15) is 6.04 Å². The van der Waals surface area contributed by atoms with Gasteiger partial charge in [-0.1, -0.05) is 0 Å². The Labute approximate surface area is 103 Å². The molecule has 1 unspecified atom stereocenters. The van der Waals surface area contributed by atoms with Crippen LogP contribution >= 0.6 is 0 Å². The minimum atomic E-state index is -0.586. The molecule has 0 rings (SSSR count). The van der Waals surface area contributed by atoms with E-state index in [0.717, 1.165) is 0 Å². The van der Waals surface area contributed by atoms with E-state index in [4.69, 9.17) is 4.74 Å². The topological polar surface area (TPSA) is 67.4 Å². The van der Waals surface area contributed by atoms with Gasteiger partial charge in [0.25, 0.3) is 0 Å². The molecule has 0 saturated carbocycles. The van der Waals surface area contributed by atoms with Crippen LogP contribution in [0, 0.1) is 0 Å². The van der Waals surface area contributed by atoms with Crippen LogP contribution < -0.4 is 10.6 Å². The summed E-state index contributed by atoms with van der Waals surface area (Å²) in [5.74, 6) is -0.549. The summed E-state index contributed by atoms with van der Waals surface area (Å²) < 4.78 is 4.79. The third-order valence-electron chi connectivity index (χ3n) is 2.03. The molecular weight excluding hydrogens is 220 g/mol. The summed E-state index contributed by atoms with van der Waals surface area (Å²) in [7, 11) is 0. The van der Waals surface area contributed by atoms with E-state index in [1.54, 1.807) is 13.8 Å². The van der Waals surface area contributed by atoms with E-state index >= 15 is 0 Å². The van der Waals surface area contributed by atoms with Gasteiger partial charge < -0.3 is 15.4 Å². The number of carbonyl (C=O) groups excluding carboxylic acids is 2. The highest BCUT2D eigenvalue weighted by Crippen LogP contribution is 1.98. The molecule has 0 radical (unpaired) electrons. The van der Waals surface area contributed by atoms with Crippen molar-refractivity contribution in [1.82, 2.24) is 10.6 Å². The first-order valence-electron chi connectivity index (χ1n) is 5.97. The SMILES string of the molecule is CCOC(=O)C(C)NC(=O)CCNC(C)(C)C. The van der Waals surface area contributed by atoms with Crippen LogP contribution in [-0.2, 0) is 14.3 Å². The Hall–Kier alpha value is -1.10. The highest BCUT2D eigenvalue weighted by atomic mass is 16.5. The molecule has 5 nitrogen and oxygen atoms in total. The zero-order chi connectivity index (χ0) is 13.5. The molecule has 0 aliphatic rings. The van der Waals surface area contributed by atoms with Crippen LogP contribution in [-0.4, -0.2) is 36.6 Å². The van der Waals surface area contributed by atoms with Crippen molar-refractivity contribution in [2.75, 3.05) is 13.2 Å². The average molecular weight is 244 g/mol. The van der Waals surface area contributed by atoms with E-state index in [1.165, 1.54) is 0 Å². The number of rotatable bonds is 6. The Morgan fingerprint density at radius 3 is 2.35 bits per heavy atom. The van der Waals surface area contributed by atoms with Crippen LogP contribution in [0.1, 0.15) is 41.0 Å². The smallest absolute Gasteiger partial charge is 0.328 e. The molecule has 2 N–H and O–H groups in total. The molecule has 0 heterocycles. The van der Waals surface area contributed by atoms with Gasteiger partial charge in [-0.3, -0.25) is 4.79 Å². The molecule has 100 valence electrons. The molecule has 0 spiro atoms. The minimum absolute atomic E-state index is 0.00691. The normalized spacial score (nSPS) is 13.0. The van der Waals surface area contributed by atoms with Crippen molar-refractivity contribution < 1.29 is 14.3 Å². The summed E-state index contributed by atoms with van der Waals surface area (Å²) in [5, 5.41) is 5.80. The Morgan fingerprint density at radius 1 is 1.29 bits per heavy atom. The molecule has 0 aromatic rings. The summed E-state index contributed by atoms with van der Waals surface area (Å²) in [6.45, 7) is 10.4. The van der Waals surface area contributed by atoms with Gasteiger partial charge in [0.2, 0.25) is 5.91 Å². The number of esters is 1. The van der Waals surface area contributed by atoms with Gasteiger partial charge >= 0.3 is 5.97 Å². The lowest BCUT2D eigenvalue weighted by atomic mass is 10.1. The third-order valence-corrected chi connectivity index (χ3v) is 2.03. The molecule has 5 heteroatoms. The van der Waals surface area contributed by atoms with Crippen LogP contribution in [0.3, 0.4) is 0 Å². The standard InChI is InChI=1S/C12H24N2O3/c1-6-17-11(16)9(2)14-10(15)7-8-13-12(3,4)5/h9,13H,6-8H2,1-5H3,(H,14,15). The fourth-order valence-electron chi connectivity index (χ4n) is 1.19. The first kappa shape index (κ1) is 15.9. The van der Waals surface area contributed by atoms with Crippen LogP contribution in [0.4, 0.5) is 0 Å². The molecule has 0 fully saturated rings. The van der Waals surface area contributed by atoms with Gasteiger partial charge in [-0.05, 0) is 34.6 Å². The van der Waals surface area contributed by atoms with Crippen molar-refractivity contribution in [2.45, 2.75) is 52.6 Å². The van der Waals surface area contributed by atoms with Crippen LogP contribution in [0.25, 0.3) is 0 Å². The average Bonchev–Trinajstić information content (AvgIpc) is 2.15. The first-order valence-corrected chi connectivity index (χ1v) is 5.97. The van der Waals surface area contributed by atoms with Crippen molar-refractivity contribution in [3.8, 4) is 0 Å². The van der Waals surface area contributed by atoms with Gasteiger partial charge in [-0.2, -0.15) is 0 Å². The Bertz CT molecular complexity index is 259. The number of nitrogens with one attached hydrogen (secondary N) is 2. The fraction of sp³-hybridized carbons (Fsp3) is 0.833. The summed E-state index contributed by atoms with van der Waals surface area (Å²) in [5.41, 5.74) is -0.00691. The molecule has 0 aliphatic carbocycles. The fourth-order valence-corrected chi connectivity index (χ4v) is 1.19. The molecule has 0 bridgehead atoms. The molecule has 0 aliphatic heterocycles. The molecule has 17 heavy (non-hydrogen) atoms. The third kappa shape index (κ3) is 8.68. The number of carbonyl (C=O) groups is 2. The van der Waals surface area contributed by atoms with Gasteiger partial charge in [0, 0.05) is 18.5 Å². The Balaban J connectivity index is 3.82. The lowest BCUT2D eigenvalue weighted by molar-refractivity contribution is -0.146. The number of hydrogen-bond donors (Lipinski definition) is 2. The molecule has 0 saturated heterocycles. The quantitative estimate of drug-likeness (QED) is 0.679. The van der Waals surface area contributed by atoms with E-state index in [9.17, 15) is 9.59 Å². The van der Waals surface area contributed by atoms with Gasteiger partial charge in [-0.15, -0.1) is 0 Å². The molecule has 0 aromatic carbocycles. The molecule has 1 atom stereocenters. The van der Waals surface area contributed by atoms with Gasteiger partial charge in [-0.25, -0.2) is 4.79 Å². The lowest BCUT2D eigenvalue weighted by Crippen LogP contribution is -2.42. The summed E-state index contributed by atoms with van der Waals surface area (Å²) in [6.07, 6.45) is 0.348. The summed E-state index contributed by atoms with van der Waals surface area (Å²) in [4.78, 5) is 22.7. The maximum atomic E-state index is 11.5. The van der Waals surface area contributed by atoms with Crippen molar-refractivity contribution in [2.24, 2.45) is 0 Å². The second kappa shape index (κ2) is 7.27. The monoisotopic (exact) mass is 244 g/mol. The highest BCUT2D eigenvalue weighted by Gasteiger charge is 2.16. The van der Waals surface area contributed by atoms with Gasteiger partial charge in [0.05, 0.1) is 6.61 Å². The van der Waals surface area contributed by atoms with Crippen molar-refractivity contribution in [1.29, 1.82) is 0 Å². The second-order valence-electron chi connectivity index (χ2n) is 4.97. The first-order chi connectivity index (χ1) is 7.76. The predicted molar refractivity (Wildman–Crippen MR) is 66.6 cm³/mol. The Morgan fingerprint density at radius 2 is 1.88 bits per heavy atom. The maximum absolute atomic E-state index is 11.5. The maximum Gasteiger partial charge on any atom is 0.328 e. The summed E-state index contributed by atoms with van der Waals surface area (Å²) in [6, 6.07) is -0.586. The minimum Gasteiger partial charge on any atom is -0.464 e. The number of amides is 1. The zero-order valence-electron chi connectivity index (χ0n) is 11.4.